The molecule has 2 rings (SSSR count). The molecule has 1 saturated heterocycles. The molecule has 27 heavy (non-hydrogen) atoms. The highest BCUT2D eigenvalue weighted by Crippen LogP contribution is 2.22. The highest BCUT2D eigenvalue weighted by molar-refractivity contribution is 7.86. The summed E-state index contributed by atoms with van der Waals surface area (Å²) in [7, 11) is -0.454. The average molecular weight is 397 g/mol. The van der Waals surface area contributed by atoms with Gasteiger partial charge in [-0.1, -0.05) is 26.0 Å². The molecule has 1 aliphatic heterocycles. The fraction of sp³-hybridized carbons (Fsp3) is 0.632. The third-order valence-corrected chi connectivity index (χ3v) is 6.97. The van der Waals surface area contributed by atoms with Crippen LogP contribution in [0.2, 0.25) is 0 Å². The summed E-state index contributed by atoms with van der Waals surface area (Å²) in [5.74, 6) is -0.450. The number of carbonyl (C=O) groups is 1. The highest BCUT2D eigenvalue weighted by Gasteiger charge is 2.33. The Morgan fingerprint density at radius 2 is 1.81 bits per heavy atom. The third-order valence-electron chi connectivity index (χ3n) is 5.06. The van der Waals surface area contributed by atoms with E-state index in [1.54, 1.807) is 0 Å². The lowest BCUT2D eigenvalue weighted by atomic mass is 9.98. The summed E-state index contributed by atoms with van der Waals surface area (Å²) >= 11 is 0. The lowest BCUT2D eigenvalue weighted by molar-refractivity contribution is -0.120. The molecule has 0 aliphatic carbocycles. The summed E-state index contributed by atoms with van der Waals surface area (Å²) in [6.07, 6.45) is 1.39. The van der Waals surface area contributed by atoms with Gasteiger partial charge in [0.05, 0.1) is 5.92 Å². The van der Waals surface area contributed by atoms with Crippen molar-refractivity contribution in [1.82, 2.24) is 13.5 Å². The number of piperidine rings is 1. The summed E-state index contributed by atoms with van der Waals surface area (Å²) in [5.41, 5.74) is 1.95. The van der Waals surface area contributed by atoms with Crippen molar-refractivity contribution in [3.8, 4) is 0 Å². The lowest BCUT2D eigenvalue weighted by Crippen LogP contribution is -2.47. The number of nitrogens with one attached hydrogen (secondary N) is 1. The Morgan fingerprint density at radius 1 is 1.19 bits per heavy atom. The minimum Gasteiger partial charge on any atom is -0.326 e. The Bertz CT molecular complexity index is 715. The molecule has 0 radical (unpaired) electrons. The standard InChI is InChI=1S/C19H32N4O3S/c1-5-22(6-2)14-16-9-11-18(12-10-16)20-19(24)17-8-7-13-23(15-17)27(25,26)21(3)4/h9-12,17H,5-8,13-15H2,1-4H3,(H,20,24)/t17-/m0/s1. The fourth-order valence-electron chi connectivity index (χ4n) is 3.24. The first-order valence-corrected chi connectivity index (χ1v) is 11.0. The number of hydrogen-bond acceptors (Lipinski definition) is 4. The smallest absolute Gasteiger partial charge is 0.281 e. The first kappa shape index (κ1) is 21.8. The van der Waals surface area contributed by atoms with Crippen LogP contribution in [0, 0.1) is 5.92 Å². The predicted octanol–water partition coefficient (Wildman–Crippen LogP) is 1.99. The maximum atomic E-state index is 12.6. The summed E-state index contributed by atoms with van der Waals surface area (Å²) in [4.78, 5) is 14.9. The second-order valence-electron chi connectivity index (χ2n) is 7.13. The van der Waals surface area contributed by atoms with E-state index in [4.69, 9.17) is 0 Å². The van der Waals surface area contributed by atoms with Crippen LogP contribution in [-0.4, -0.2) is 68.1 Å². The molecule has 8 heteroatoms. The Labute approximate surface area is 163 Å². The van der Waals surface area contributed by atoms with Crippen molar-refractivity contribution in [2.45, 2.75) is 33.2 Å². The summed E-state index contributed by atoms with van der Waals surface area (Å²) in [6.45, 7) is 7.87. The fourth-order valence-corrected chi connectivity index (χ4v) is 4.43. The van der Waals surface area contributed by atoms with Crippen LogP contribution in [0.1, 0.15) is 32.3 Å². The van der Waals surface area contributed by atoms with Gasteiger partial charge in [0.25, 0.3) is 10.2 Å². The molecule has 1 N–H and O–H groups in total. The van der Waals surface area contributed by atoms with E-state index in [1.807, 2.05) is 24.3 Å². The molecule has 1 atom stereocenters. The van der Waals surface area contributed by atoms with Crippen LogP contribution in [0.3, 0.4) is 0 Å². The Hall–Kier alpha value is -1.48. The highest BCUT2D eigenvalue weighted by atomic mass is 32.2. The van der Waals surface area contributed by atoms with Crippen molar-refractivity contribution in [2.24, 2.45) is 5.92 Å². The molecule has 0 spiro atoms. The zero-order valence-electron chi connectivity index (χ0n) is 16.8. The Morgan fingerprint density at radius 3 is 2.37 bits per heavy atom. The maximum absolute atomic E-state index is 12.6. The molecule has 0 bridgehead atoms. The van der Waals surface area contributed by atoms with Crippen LogP contribution in [-0.2, 0) is 21.5 Å². The number of nitrogens with zero attached hydrogens (tertiary/aromatic N) is 3. The van der Waals surface area contributed by atoms with Gasteiger partial charge < -0.3 is 5.32 Å². The van der Waals surface area contributed by atoms with Gasteiger partial charge in [-0.25, -0.2) is 0 Å². The predicted molar refractivity (Wildman–Crippen MR) is 109 cm³/mol. The minimum absolute atomic E-state index is 0.120. The first-order valence-electron chi connectivity index (χ1n) is 9.57. The van der Waals surface area contributed by atoms with Crippen molar-refractivity contribution in [3.05, 3.63) is 29.8 Å². The van der Waals surface area contributed by atoms with E-state index in [0.29, 0.717) is 19.4 Å². The van der Waals surface area contributed by atoms with E-state index in [2.05, 4.69) is 24.1 Å². The molecular weight excluding hydrogens is 364 g/mol. The molecule has 0 saturated carbocycles. The molecule has 0 unspecified atom stereocenters. The number of rotatable bonds is 8. The van der Waals surface area contributed by atoms with Crippen LogP contribution >= 0.6 is 0 Å². The van der Waals surface area contributed by atoms with E-state index in [0.717, 1.165) is 25.3 Å². The quantitative estimate of drug-likeness (QED) is 0.729. The van der Waals surface area contributed by atoms with Gasteiger partial charge in [-0.15, -0.1) is 0 Å². The van der Waals surface area contributed by atoms with Crippen LogP contribution in [0.25, 0.3) is 0 Å². The van der Waals surface area contributed by atoms with E-state index in [-0.39, 0.29) is 18.4 Å². The monoisotopic (exact) mass is 396 g/mol. The second-order valence-corrected chi connectivity index (χ2v) is 9.28. The van der Waals surface area contributed by atoms with Gasteiger partial charge in [-0.2, -0.15) is 17.0 Å². The molecule has 1 aromatic carbocycles. The molecule has 152 valence electrons. The lowest BCUT2D eigenvalue weighted by Gasteiger charge is -2.32. The molecule has 1 fully saturated rings. The van der Waals surface area contributed by atoms with Crippen molar-refractivity contribution in [3.63, 3.8) is 0 Å². The zero-order valence-corrected chi connectivity index (χ0v) is 17.6. The molecule has 0 aromatic heterocycles. The zero-order chi connectivity index (χ0) is 20.0. The molecule has 1 aliphatic rings. The van der Waals surface area contributed by atoms with Gasteiger partial charge in [-0.05, 0) is 43.6 Å². The molecular formula is C19H32N4O3S. The van der Waals surface area contributed by atoms with Crippen molar-refractivity contribution in [1.29, 1.82) is 0 Å². The van der Waals surface area contributed by atoms with Crippen molar-refractivity contribution < 1.29 is 13.2 Å². The van der Waals surface area contributed by atoms with E-state index in [1.165, 1.54) is 28.3 Å². The summed E-state index contributed by atoms with van der Waals surface area (Å²) in [5, 5.41) is 2.93. The average Bonchev–Trinajstić information content (AvgIpc) is 2.67. The third kappa shape index (κ3) is 5.75. The van der Waals surface area contributed by atoms with Crippen LogP contribution in [0.5, 0.6) is 0 Å². The van der Waals surface area contributed by atoms with Crippen LogP contribution in [0.4, 0.5) is 5.69 Å². The van der Waals surface area contributed by atoms with Crippen molar-refractivity contribution >= 4 is 21.8 Å². The van der Waals surface area contributed by atoms with Gasteiger partial charge in [0.2, 0.25) is 5.91 Å². The Balaban J connectivity index is 1.96. The van der Waals surface area contributed by atoms with Gasteiger partial charge >= 0.3 is 0 Å². The van der Waals surface area contributed by atoms with Crippen LogP contribution < -0.4 is 5.32 Å². The largest absolute Gasteiger partial charge is 0.326 e. The van der Waals surface area contributed by atoms with Gasteiger partial charge in [0, 0.05) is 39.4 Å². The molecule has 1 heterocycles. The normalized spacial score (nSPS) is 18.8. The number of anilines is 1. The Kier molecular flexibility index (Phi) is 7.79. The molecule has 7 nitrogen and oxygen atoms in total. The number of benzene rings is 1. The first-order chi connectivity index (χ1) is 12.8. The number of carbonyl (C=O) groups excluding carboxylic acids is 1. The van der Waals surface area contributed by atoms with Gasteiger partial charge in [0.15, 0.2) is 0 Å². The summed E-state index contributed by atoms with van der Waals surface area (Å²) in [6, 6.07) is 7.87. The SMILES string of the molecule is CCN(CC)Cc1ccc(NC(=O)[C@H]2CCCN(S(=O)(=O)N(C)C)C2)cc1. The maximum Gasteiger partial charge on any atom is 0.281 e. The minimum atomic E-state index is -3.48. The van der Waals surface area contributed by atoms with Crippen molar-refractivity contribution in [2.75, 3.05) is 45.6 Å². The van der Waals surface area contributed by atoms with Gasteiger partial charge in [0.1, 0.15) is 0 Å². The van der Waals surface area contributed by atoms with E-state index in [9.17, 15) is 13.2 Å². The van der Waals surface area contributed by atoms with E-state index >= 15 is 0 Å². The van der Waals surface area contributed by atoms with E-state index < -0.39 is 10.2 Å². The van der Waals surface area contributed by atoms with Gasteiger partial charge in [-0.3, -0.25) is 9.69 Å². The number of amides is 1. The topological polar surface area (TPSA) is 73.0 Å². The second kappa shape index (κ2) is 9.64. The summed E-state index contributed by atoms with van der Waals surface area (Å²) < 4.78 is 27.2. The number of hydrogen-bond donors (Lipinski definition) is 1. The molecule has 1 aromatic rings. The van der Waals surface area contributed by atoms with Crippen LogP contribution in [0.15, 0.2) is 24.3 Å². The molecule has 1 amide bonds.